The zero-order chi connectivity index (χ0) is 18.8. The van der Waals surface area contributed by atoms with Gasteiger partial charge in [0.1, 0.15) is 0 Å². The molecule has 1 N–H and O–H groups in total. The first-order chi connectivity index (χ1) is 13.1. The number of hydrogen-bond acceptors (Lipinski definition) is 3. The third-order valence-corrected chi connectivity index (χ3v) is 5.99. The lowest BCUT2D eigenvalue weighted by atomic mass is 10.1. The maximum Gasteiger partial charge on any atom is 0.312 e. The van der Waals surface area contributed by atoms with E-state index in [9.17, 15) is 14.7 Å². The Hall–Kier alpha value is -2.79. The summed E-state index contributed by atoms with van der Waals surface area (Å²) < 4.78 is 1.85. The van der Waals surface area contributed by atoms with Gasteiger partial charge in [-0.3, -0.25) is 9.59 Å². The maximum atomic E-state index is 12.9. The molecular formula is C22H19NO3S. The van der Waals surface area contributed by atoms with E-state index in [0.717, 1.165) is 17.0 Å². The van der Waals surface area contributed by atoms with Gasteiger partial charge in [-0.2, -0.15) is 0 Å². The van der Waals surface area contributed by atoms with Crippen molar-refractivity contribution < 1.29 is 14.7 Å². The summed E-state index contributed by atoms with van der Waals surface area (Å²) in [5.74, 6) is -0.552. The minimum atomic E-state index is -0.828. The van der Waals surface area contributed by atoms with Crippen molar-refractivity contribution >= 4 is 23.5 Å². The number of nitrogens with zero attached hydrogens (tertiary/aromatic N) is 1. The summed E-state index contributed by atoms with van der Waals surface area (Å²) in [4.78, 5) is 25.4. The summed E-state index contributed by atoms with van der Waals surface area (Å²) in [5.41, 5.74) is 3.08. The Kier molecular flexibility index (Phi) is 4.86. The van der Waals surface area contributed by atoms with Crippen LogP contribution < -0.4 is 0 Å². The number of benzene rings is 2. The molecule has 1 aliphatic rings. The highest BCUT2D eigenvalue weighted by Gasteiger charge is 2.31. The smallest absolute Gasteiger partial charge is 0.312 e. The fourth-order valence-corrected chi connectivity index (χ4v) is 4.35. The second-order valence-corrected chi connectivity index (χ2v) is 7.65. The second kappa shape index (κ2) is 7.45. The van der Waals surface area contributed by atoms with Crippen LogP contribution in [0.5, 0.6) is 0 Å². The lowest BCUT2D eigenvalue weighted by Crippen LogP contribution is -2.10. The molecular weight excluding hydrogens is 358 g/mol. The van der Waals surface area contributed by atoms with Crippen molar-refractivity contribution in [3.63, 3.8) is 0 Å². The molecule has 2 heterocycles. The largest absolute Gasteiger partial charge is 0.481 e. The van der Waals surface area contributed by atoms with Crippen LogP contribution in [0, 0.1) is 0 Å². The molecule has 5 heteroatoms. The SMILES string of the molecule is O=C(c1ccc(CSc2ccccc2)cc1)c1ccc2n1CCC2C(=O)O. The lowest BCUT2D eigenvalue weighted by Gasteiger charge is -2.07. The van der Waals surface area contributed by atoms with Crippen molar-refractivity contribution in [2.45, 2.75) is 29.5 Å². The minimum absolute atomic E-state index is 0.0606. The monoisotopic (exact) mass is 377 g/mol. The first-order valence-corrected chi connectivity index (χ1v) is 9.86. The van der Waals surface area contributed by atoms with Gasteiger partial charge in [0.15, 0.2) is 0 Å². The van der Waals surface area contributed by atoms with Crippen molar-refractivity contribution in [1.82, 2.24) is 4.57 Å². The van der Waals surface area contributed by atoms with E-state index in [1.165, 1.54) is 4.90 Å². The molecule has 0 spiro atoms. The van der Waals surface area contributed by atoms with Crippen LogP contribution in [0.4, 0.5) is 0 Å². The van der Waals surface area contributed by atoms with Gasteiger partial charge in [-0.15, -0.1) is 11.8 Å². The van der Waals surface area contributed by atoms with Gasteiger partial charge in [-0.05, 0) is 36.2 Å². The van der Waals surface area contributed by atoms with E-state index in [2.05, 4.69) is 12.1 Å². The number of fused-ring (bicyclic) bond motifs is 1. The van der Waals surface area contributed by atoms with Crippen LogP contribution in [0.2, 0.25) is 0 Å². The highest BCUT2D eigenvalue weighted by Crippen LogP contribution is 2.31. The van der Waals surface area contributed by atoms with E-state index >= 15 is 0 Å². The summed E-state index contributed by atoms with van der Waals surface area (Å²) >= 11 is 1.76. The molecule has 4 rings (SSSR count). The average Bonchev–Trinajstić information content (AvgIpc) is 3.29. The number of rotatable bonds is 6. The van der Waals surface area contributed by atoms with Gasteiger partial charge in [0.25, 0.3) is 0 Å². The number of carboxylic acids is 1. The highest BCUT2D eigenvalue weighted by atomic mass is 32.2. The second-order valence-electron chi connectivity index (χ2n) is 6.60. The van der Waals surface area contributed by atoms with Gasteiger partial charge in [0.2, 0.25) is 5.78 Å². The average molecular weight is 377 g/mol. The molecule has 2 aromatic carbocycles. The van der Waals surface area contributed by atoms with Crippen molar-refractivity contribution in [3.05, 3.63) is 89.2 Å². The van der Waals surface area contributed by atoms with E-state index < -0.39 is 11.9 Å². The van der Waals surface area contributed by atoms with Crippen LogP contribution in [-0.4, -0.2) is 21.4 Å². The quantitative estimate of drug-likeness (QED) is 0.504. The molecule has 0 bridgehead atoms. The molecule has 1 unspecified atom stereocenters. The number of carboxylic acid groups (broad SMARTS) is 1. The Morgan fingerprint density at radius 1 is 1.00 bits per heavy atom. The first kappa shape index (κ1) is 17.6. The number of ketones is 1. The lowest BCUT2D eigenvalue weighted by molar-refractivity contribution is -0.138. The van der Waals surface area contributed by atoms with Gasteiger partial charge < -0.3 is 9.67 Å². The van der Waals surface area contributed by atoms with Crippen molar-refractivity contribution in [2.75, 3.05) is 0 Å². The Morgan fingerprint density at radius 3 is 2.44 bits per heavy atom. The van der Waals surface area contributed by atoms with Crippen molar-refractivity contribution in [2.24, 2.45) is 0 Å². The summed E-state index contributed by atoms with van der Waals surface area (Å²) in [7, 11) is 0. The topological polar surface area (TPSA) is 59.3 Å². The Labute approximate surface area is 161 Å². The van der Waals surface area contributed by atoms with Gasteiger partial charge in [0, 0.05) is 28.5 Å². The van der Waals surface area contributed by atoms with E-state index in [4.69, 9.17) is 0 Å². The summed E-state index contributed by atoms with van der Waals surface area (Å²) in [6.45, 7) is 0.576. The number of aromatic nitrogens is 1. The van der Waals surface area contributed by atoms with Crippen molar-refractivity contribution in [3.8, 4) is 0 Å². The highest BCUT2D eigenvalue weighted by molar-refractivity contribution is 7.98. The van der Waals surface area contributed by atoms with E-state index in [1.807, 2.05) is 47.0 Å². The molecule has 0 fully saturated rings. The van der Waals surface area contributed by atoms with Gasteiger partial charge in [0.05, 0.1) is 11.6 Å². The van der Waals surface area contributed by atoms with Gasteiger partial charge in [-0.1, -0.05) is 42.5 Å². The number of carbonyl (C=O) groups excluding carboxylic acids is 1. The molecule has 0 amide bonds. The minimum Gasteiger partial charge on any atom is -0.481 e. The van der Waals surface area contributed by atoms with Crippen LogP contribution in [0.25, 0.3) is 0 Å². The third kappa shape index (κ3) is 3.55. The molecule has 0 aliphatic carbocycles. The Balaban J connectivity index is 1.47. The van der Waals surface area contributed by atoms with Crippen LogP contribution >= 0.6 is 11.8 Å². The normalized spacial score (nSPS) is 15.5. The summed E-state index contributed by atoms with van der Waals surface area (Å²) in [6.07, 6.45) is 0.543. The number of carbonyl (C=O) groups is 2. The fraction of sp³-hybridized carbons (Fsp3) is 0.182. The van der Waals surface area contributed by atoms with Crippen LogP contribution in [0.15, 0.2) is 71.6 Å². The van der Waals surface area contributed by atoms with E-state index in [1.54, 1.807) is 23.9 Å². The molecule has 3 aromatic rings. The molecule has 136 valence electrons. The van der Waals surface area contributed by atoms with E-state index in [-0.39, 0.29) is 5.78 Å². The molecule has 0 saturated carbocycles. The predicted molar refractivity (Wildman–Crippen MR) is 105 cm³/mol. The van der Waals surface area contributed by atoms with Crippen molar-refractivity contribution in [1.29, 1.82) is 0 Å². The van der Waals surface area contributed by atoms with Gasteiger partial charge in [-0.25, -0.2) is 0 Å². The molecule has 0 radical (unpaired) electrons. The maximum absolute atomic E-state index is 12.9. The number of thioether (sulfide) groups is 1. The molecule has 4 nitrogen and oxygen atoms in total. The van der Waals surface area contributed by atoms with Crippen LogP contribution in [0.3, 0.4) is 0 Å². The predicted octanol–water partition coefficient (Wildman–Crippen LogP) is 4.58. The standard InChI is InChI=1S/C22H19NO3S/c24-21(20-11-10-19-18(22(25)26)12-13-23(19)20)16-8-6-15(7-9-16)14-27-17-4-2-1-3-5-17/h1-11,18H,12-14H2,(H,25,26). The molecule has 1 aromatic heterocycles. The van der Waals surface area contributed by atoms with E-state index in [0.29, 0.717) is 24.2 Å². The zero-order valence-electron chi connectivity index (χ0n) is 14.7. The zero-order valence-corrected chi connectivity index (χ0v) is 15.5. The molecule has 27 heavy (non-hydrogen) atoms. The molecule has 1 atom stereocenters. The summed E-state index contributed by atoms with van der Waals surface area (Å²) in [5, 5.41) is 9.29. The Bertz CT molecular complexity index is 977. The molecule has 1 aliphatic heterocycles. The number of aliphatic carboxylic acids is 1. The fourth-order valence-electron chi connectivity index (χ4n) is 3.48. The van der Waals surface area contributed by atoms with Crippen LogP contribution in [0.1, 0.15) is 39.6 Å². The van der Waals surface area contributed by atoms with Crippen LogP contribution in [-0.2, 0) is 17.1 Å². The first-order valence-electron chi connectivity index (χ1n) is 8.87. The number of hydrogen-bond donors (Lipinski definition) is 1. The van der Waals surface area contributed by atoms with Gasteiger partial charge >= 0.3 is 5.97 Å². The third-order valence-electron chi connectivity index (χ3n) is 4.91. The summed E-state index contributed by atoms with van der Waals surface area (Å²) in [6, 6.07) is 21.4. The molecule has 0 saturated heterocycles. The Morgan fingerprint density at radius 2 is 1.74 bits per heavy atom.